The zero-order valence-corrected chi connectivity index (χ0v) is 8.52. The van der Waals surface area contributed by atoms with Crippen LogP contribution >= 0.6 is 0 Å². The molecule has 0 aliphatic carbocycles. The van der Waals surface area contributed by atoms with Crippen LogP contribution in [0.5, 0.6) is 0 Å². The van der Waals surface area contributed by atoms with Crippen molar-refractivity contribution < 1.29 is 9.90 Å². The van der Waals surface area contributed by atoms with Crippen LogP contribution in [0, 0.1) is 6.92 Å². The standard InChI is InChI=1S/C12H14NO2/c1-2-12(15)8-9-13(11(12)14)10-6-4-3-5-7-10/h3-7,15H,1-2,8-9H2. The van der Waals surface area contributed by atoms with Gasteiger partial charge in [0.1, 0.15) is 5.60 Å². The molecule has 1 N–H and O–H groups in total. The van der Waals surface area contributed by atoms with Crippen LogP contribution in [0.1, 0.15) is 12.8 Å². The van der Waals surface area contributed by atoms with Crippen molar-refractivity contribution in [3.05, 3.63) is 37.3 Å². The third-order valence-corrected chi connectivity index (χ3v) is 2.87. The van der Waals surface area contributed by atoms with E-state index in [0.29, 0.717) is 13.0 Å². The highest BCUT2D eigenvalue weighted by molar-refractivity contribution is 6.01. The highest BCUT2D eigenvalue weighted by Crippen LogP contribution is 2.29. The van der Waals surface area contributed by atoms with E-state index >= 15 is 0 Å². The van der Waals surface area contributed by atoms with Gasteiger partial charge in [-0.25, -0.2) is 0 Å². The van der Waals surface area contributed by atoms with Crippen LogP contribution in [0.4, 0.5) is 5.69 Å². The summed E-state index contributed by atoms with van der Waals surface area (Å²) in [5, 5.41) is 9.95. The second kappa shape index (κ2) is 3.66. The minimum Gasteiger partial charge on any atom is -0.380 e. The molecule has 0 spiro atoms. The molecule has 15 heavy (non-hydrogen) atoms. The molecule has 1 saturated heterocycles. The third-order valence-electron chi connectivity index (χ3n) is 2.87. The monoisotopic (exact) mass is 204 g/mol. The number of benzene rings is 1. The first-order valence-corrected chi connectivity index (χ1v) is 5.06. The SMILES string of the molecule is [CH2]CC1(O)CCN(c2ccccc2)C1=O. The number of para-hydroxylation sites is 1. The van der Waals surface area contributed by atoms with Crippen molar-refractivity contribution in [1.29, 1.82) is 0 Å². The molecule has 0 saturated carbocycles. The smallest absolute Gasteiger partial charge is 0.259 e. The van der Waals surface area contributed by atoms with Crippen molar-refractivity contribution in [3.8, 4) is 0 Å². The minimum atomic E-state index is -1.25. The fraction of sp³-hybridized carbons (Fsp3) is 0.333. The Bertz CT molecular complexity index is 363. The summed E-state index contributed by atoms with van der Waals surface area (Å²) in [5.74, 6) is -0.233. The highest BCUT2D eigenvalue weighted by atomic mass is 16.3. The van der Waals surface area contributed by atoms with Crippen molar-refractivity contribution in [1.82, 2.24) is 0 Å². The van der Waals surface area contributed by atoms with Crippen LogP contribution in [0.3, 0.4) is 0 Å². The molecule has 1 unspecified atom stereocenters. The van der Waals surface area contributed by atoms with Crippen molar-refractivity contribution >= 4 is 11.6 Å². The van der Waals surface area contributed by atoms with E-state index in [1.165, 1.54) is 0 Å². The maximum absolute atomic E-state index is 11.9. The molecular weight excluding hydrogens is 190 g/mol. The second-order valence-electron chi connectivity index (χ2n) is 3.82. The number of aliphatic hydroxyl groups is 1. The molecule has 1 heterocycles. The summed E-state index contributed by atoms with van der Waals surface area (Å²) in [4.78, 5) is 13.5. The van der Waals surface area contributed by atoms with Gasteiger partial charge in [-0.15, -0.1) is 0 Å². The Morgan fingerprint density at radius 3 is 2.60 bits per heavy atom. The topological polar surface area (TPSA) is 40.5 Å². The number of hydrogen-bond donors (Lipinski definition) is 1. The first-order valence-electron chi connectivity index (χ1n) is 5.06. The molecule has 1 amide bonds. The van der Waals surface area contributed by atoms with E-state index in [4.69, 9.17) is 0 Å². The molecule has 0 aromatic heterocycles. The summed E-state index contributed by atoms with van der Waals surface area (Å²) in [6.45, 7) is 4.18. The summed E-state index contributed by atoms with van der Waals surface area (Å²) in [7, 11) is 0. The Balaban J connectivity index is 2.25. The van der Waals surface area contributed by atoms with Gasteiger partial charge in [-0.05, 0) is 25.5 Å². The molecule has 1 fully saturated rings. The van der Waals surface area contributed by atoms with Gasteiger partial charge in [0.15, 0.2) is 0 Å². The van der Waals surface area contributed by atoms with Crippen LogP contribution in [-0.2, 0) is 4.79 Å². The van der Waals surface area contributed by atoms with E-state index in [9.17, 15) is 9.90 Å². The van der Waals surface area contributed by atoms with Gasteiger partial charge in [0, 0.05) is 18.7 Å². The van der Waals surface area contributed by atoms with Crippen molar-refractivity contribution in [2.75, 3.05) is 11.4 Å². The maximum atomic E-state index is 11.9. The van der Waals surface area contributed by atoms with Gasteiger partial charge >= 0.3 is 0 Å². The van der Waals surface area contributed by atoms with E-state index in [1.54, 1.807) is 4.90 Å². The lowest BCUT2D eigenvalue weighted by molar-refractivity contribution is -0.132. The number of carbonyl (C=O) groups excluding carboxylic acids is 1. The van der Waals surface area contributed by atoms with Gasteiger partial charge in [-0.2, -0.15) is 0 Å². The zero-order chi connectivity index (χ0) is 10.9. The van der Waals surface area contributed by atoms with Crippen LogP contribution in [0.2, 0.25) is 0 Å². The summed E-state index contributed by atoms with van der Waals surface area (Å²) in [6, 6.07) is 9.39. The third kappa shape index (κ3) is 1.63. The van der Waals surface area contributed by atoms with Crippen molar-refractivity contribution in [3.63, 3.8) is 0 Å². The molecule has 1 aromatic carbocycles. The summed E-state index contributed by atoms with van der Waals surface area (Å²) in [5.41, 5.74) is -0.414. The number of nitrogens with zero attached hydrogens (tertiary/aromatic N) is 1. The van der Waals surface area contributed by atoms with Crippen molar-refractivity contribution in [2.24, 2.45) is 0 Å². The lowest BCUT2D eigenvalue weighted by Crippen LogP contribution is -2.39. The molecule has 1 radical (unpaired) electrons. The fourth-order valence-corrected chi connectivity index (χ4v) is 1.84. The van der Waals surface area contributed by atoms with Gasteiger partial charge in [0.25, 0.3) is 5.91 Å². The van der Waals surface area contributed by atoms with E-state index in [2.05, 4.69) is 6.92 Å². The molecular formula is C12H14NO2. The first kappa shape index (κ1) is 10.2. The largest absolute Gasteiger partial charge is 0.380 e. The molecule has 0 bridgehead atoms. The Morgan fingerprint density at radius 2 is 2.07 bits per heavy atom. The predicted octanol–water partition coefficient (Wildman–Crippen LogP) is 1.38. The Morgan fingerprint density at radius 1 is 1.40 bits per heavy atom. The number of anilines is 1. The van der Waals surface area contributed by atoms with E-state index in [-0.39, 0.29) is 12.3 Å². The average molecular weight is 204 g/mol. The molecule has 1 aliphatic rings. The highest BCUT2D eigenvalue weighted by Gasteiger charge is 2.43. The Kier molecular flexibility index (Phi) is 2.49. The van der Waals surface area contributed by atoms with Crippen LogP contribution in [-0.4, -0.2) is 23.2 Å². The van der Waals surface area contributed by atoms with Crippen LogP contribution in [0.25, 0.3) is 0 Å². The summed E-state index contributed by atoms with van der Waals surface area (Å²) >= 11 is 0. The lowest BCUT2D eigenvalue weighted by atomic mass is 10.00. The number of rotatable bonds is 2. The second-order valence-corrected chi connectivity index (χ2v) is 3.82. The fourth-order valence-electron chi connectivity index (χ4n) is 1.84. The van der Waals surface area contributed by atoms with E-state index in [0.717, 1.165) is 5.69 Å². The molecule has 2 rings (SSSR count). The van der Waals surface area contributed by atoms with Gasteiger partial charge in [-0.1, -0.05) is 18.2 Å². The molecule has 1 aromatic rings. The number of carbonyl (C=O) groups is 1. The Hall–Kier alpha value is -1.35. The number of hydrogen-bond acceptors (Lipinski definition) is 2. The van der Waals surface area contributed by atoms with Crippen LogP contribution in [0.15, 0.2) is 30.3 Å². The minimum absolute atomic E-state index is 0.231. The predicted molar refractivity (Wildman–Crippen MR) is 58.3 cm³/mol. The summed E-state index contributed by atoms with van der Waals surface area (Å²) < 4.78 is 0. The zero-order valence-electron chi connectivity index (χ0n) is 8.52. The molecule has 1 atom stereocenters. The van der Waals surface area contributed by atoms with Crippen LogP contribution < -0.4 is 4.90 Å². The Labute approximate surface area is 89.3 Å². The first-order chi connectivity index (χ1) is 7.17. The van der Waals surface area contributed by atoms with Gasteiger partial charge < -0.3 is 10.0 Å². The van der Waals surface area contributed by atoms with Gasteiger partial charge in [0.05, 0.1) is 0 Å². The molecule has 3 heteroatoms. The van der Waals surface area contributed by atoms with Crippen molar-refractivity contribution in [2.45, 2.75) is 18.4 Å². The molecule has 3 nitrogen and oxygen atoms in total. The summed E-state index contributed by atoms with van der Waals surface area (Å²) in [6.07, 6.45) is 0.694. The quantitative estimate of drug-likeness (QED) is 0.790. The molecule has 79 valence electrons. The average Bonchev–Trinajstić information content (AvgIpc) is 2.58. The van der Waals surface area contributed by atoms with Gasteiger partial charge in [-0.3, -0.25) is 4.79 Å². The van der Waals surface area contributed by atoms with E-state index < -0.39 is 5.60 Å². The number of amides is 1. The van der Waals surface area contributed by atoms with Gasteiger partial charge in [0.2, 0.25) is 0 Å². The van der Waals surface area contributed by atoms with E-state index in [1.807, 2.05) is 30.3 Å². The maximum Gasteiger partial charge on any atom is 0.259 e. The lowest BCUT2D eigenvalue weighted by Gasteiger charge is -2.20. The molecule has 1 aliphatic heterocycles. The normalized spacial score (nSPS) is 26.0.